The van der Waals surface area contributed by atoms with Crippen LogP contribution in [0, 0.1) is 5.92 Å². The summed E-state index contributed by atoms with van der Waals surface area (Å²) in [6.45, 7) is 2.15. The Kier molecular flexibility index (Phi) is 5.49. The first-order chi connectivity index (χ1) is 7.90. The Morgan fingerprint density at radius 1 is 1.47 bits per heavy atom. The lowest BCUT2D eigenvalue weighted by Crippen LogP contribution is -2.19. The lowest BCUT2D eigenvalue weighted by atomic mass is 10.1. The molecule has 0 fully saturated rings. The zero-order valence-electron chi connectivity index (χ0n) is 9.27. The molecule has 0 saturated heterocycles. The van der Waals surface area contributed by atoms with Crippen LogP contribution < -0.4 is 4.74 Å². The van der Waals surface area contributed by atoms with E-state index in [0.717, 1.165) is 0 Å². The van der Waals surface area contributed by atoms with E-state index in [1.54, 1.807) is 6.07 Å². The number of hydrogen-bond donors (Lipinski definition) is 0. The molecular formula is C10H13Cl2NO3S. The van der Waals surface area contributed by atoms with Crippen molar-refractivity contribution in [1.29, 1.82) is 0 Å². The molecule has 1 aromatic rings. The van der Waals surface area contributed by atoms with Crippen LogP contribution in [0.3, 0.4) is 0 Å². The van der Waals surface area contributed by atoms with Crippen LogP contribution in [0.2, 0.25) is 5.02 Å². The van der Waals surface area contributed by atoms with Crippen LogP contribution in [0.15, 0.2) is 18.5 Å². The standard InChI is InChI=1S/C10H13Cl2NO3S/c1-2-8(7-17(12,14)15)6-16-10-3-9(11)4-13-5-10/h3-5,8H,2,6-7H2,1H3. The topological polar surface area (TPSA) is 56.3 Å². The zero-order chi connectivity index (χ0) is 12.9. The number of nitrogens with zero attached hydrogens (tertiary/aromatic N) is 1. The number of pyridine rings is 1. The van der Waals surface area contributed by atoms with Gasteiger partial charge in [-0.2, -0.15) is 0 Å². The fourth-order valence-electron chi connectivity index (χ4n) is 1.25. The van der Waals surface area contributed by atoms with Gasteiger partial charge < -0.3 is 4.74 Å². The average molecular weight is 298 g/mol. The van der Waals surface area contributed by atoms with Gasteiger partial charge in [0.2, 0.25) is 9.05 Å². The molecule has 1 unspecified atom stereocenters. The van der Waals surface area contributed by atoms with Crippen molar-refractivity contribution in [2.45, 2.75) is 13.3 Å². The molecule has 0 spiro atoms. The second kappa shape index (κ2) is 6.42. The molecule has 0 aliphatic carbocycles. The van der Waals surface area contributed by atoms with Crippen molar-refractivity contribution < 1.29 is 13.2 Å². The molecule has 0 saturated carbocycles. The van der Waals surface area contributed by atoms with Crippen molar-refractivity contribution in [2.75, 3.05) is 12.4 Å². The lowest BCUT2D eigenvalue weighted by molar-refractivity contribution is 0.257. The normalized spacial score (nSPS) is 13.4. The predicted molar refractivity (Wildman–Crippen MR) is 68.2 cm³/mol. The quantitative estimate of drug-likeness (QED) is 0.758. The Morgan fingerprint density at radius 3 is 2.71 bits per heavy atom. The van der Waals surface area contributed by atoms with Crippen LogP contribution in [-0.4, -0.2) is 25.8 Å². The molecule has 0 amide bonds. The van der Waals surface area contributed by atoms with Gasteiger partial charge in [-0.25, -0.2) is 8.42 Å². The summed E-state index contributed by atoms with van der Waals surface area (Å²) < 4.78 is 27.3. The summed E-state index contributed by atoms with van der Waals surface area (Å²) >= 11 is 5.74. The molecule has 1 heterocycles. The fraction of sp³-hybridized carbons (Fsp3) is 0.500. The maximum atomic E-state index is 10.9. The molecule has 1 rings (SSSR count). The van der Waals surface area contributed by atoms with Gasteiger partial charge in [0.1, 0.15) is 5.75 Å². The van der Waals surface area contributed by atoms with Crippen LogP contribution in [-0.2, 0) is 9.05 Å². The van der Waals surface area contributed by atoms with Gasteiger partial charge >= 0.3 is 0 Å². The van der Waals surface area contributed by atoms with Crippen LogP contribution >= 0.6 is 22.3 Å². The van der Waals surface area contributed by atoms with Gasteiger partial charge in [0.25, 0.3) is 0 Å². The van der Waals surface area contributed by atoms with Gasteiger partial charge in [-0.05, 0) is 6.42 Å². The van der Waals surface area contributed by atoms with E-state index in [-0.39, 0.29) is 18.3 Å². The first-order valence-electron chi connectivity index (χ1n) is 5.06. The number of rotatable bonds is 6. The smallest absolute Gasteiger partial charge is 0.232 e. The largest absolute Gasteiger partial charge is 0.492 e. The van der Waals surface area contributed by atoms with Crippen LogP contribution in [0.25, 0.3) is 0 Å². The summed E-state index contributed by atoms with van der Waals surface area (Å²) in [6, 6.07) is 1.62. The molecule has 96 valence electrons. The van der Waals surface area contributed by atoms with Gasteiger partial charge in [-0.1, -0.05) is 18.5 Å². The maximum absolute atomic E-state index is 10.9. The highest BCUT2D eigenvalue weighted by atomic mass is 35.7. The predicted octanol–water partition coefficient (Wildman–Crippen LogP) is 2.71. The molecule has 0 aromatic carbocycles. The second-order valence-electron chi connectivity index (χ2n) is 3.63. The second-order valence-corrected chi connectivity index (χ2v) is 6.89. The first kappa shape index (κ1) is 14.5. The van der Waals surface area contributed by atoms with Gasteiger partial charge in [0.05, 0.1) is 23.6 Å². The third-order valence-electron chi connectivity index (χ3n) is 2.18. The molecular weight excluding hydrogens is 285 g/mol. The van der Waals surface area contributed by atoms with Crippen LogP contribution in [0.5, 0.6) is 5.75 Å². The minimum absolute atomic E-state index is 0.0982. The lowest BCUT2D eigenvalue weighted by Gasteiger charge is -2.14. The summed E-state index contributed by atoms with van der Waals surface area (Å²) in [5.41, 5.74) is 0. The Morgan fingerprint density at radius 2 is 2.18 bits per heavy atom. The van der Waals surface area contributed by atoms with E-state index < -0.39 is 9.05 Å². The van der Waals surface area contributed by atoms with Crippen LogP contribution in [0.1, 0.15) is 13.3 Å². The number of halogens is 2. The van der Waals surface area contributed by atoms with E-state index >= 15 is 0 Å². The summed E-state index contributed by atoms with van der Waals surface area (Å²) in [5, 5.41) is 0.473. The third kappa shape index (κ3) is 6.10. The number of aromatic nitrogens is 1. The van der Waals surface area contributed by atoms with E-state index in [1.165, 1.54) is 12.4 Å². The van der Waals surface area contributed by atoms with Crippen molar-refractivity contribution in [3.8, 4) is 5.75 Å². The number of ether oxygens (including phenoxy) is 1. The van der Waals surface area contributed by atoms with Crippen LogP contribution in [0.4, 0.5) is 0 Å². The molecule has 1 aromatic heterocycles. The van der Waals surface area contributed by atoms with Crippen molar-refractivity contribution >= 4 is 31.3 Å². The third-order valence-corrected chi connectivity index (χ3v) is 3.63. The highest BCUT2D eigenvalue weighted by molar-refractivity contribution is 8.13. The molecule has 1 atom stereocenters. The van der Waals surface area contributed by atoms with Crippen molar-refractivity contribution in [1.82, 2.24) is 4.98 Å². The average Bonchev–Trinajstić information content (AvgIpc) is 2.23. The molecule has 7 heteroatoms. The minimum Gasteiger partial charge on any atom is -0.492 e. The Bertz CT molecular complexity index is 464. The van der Waals surface area contributed by atoms with Gasteiger partial charge in [0.15, 0.2) is 0 Å². The summed E-state index contributed by atoms with van der Waals surface area (Å²) in [6.07, 6.45) is 3.68. The Labute approximate surface area is 110 Å². The van der Waals surface area contributed by atoms with E-state index in [4.69, 9.17) is 27.0 Å². The molecule has 4 nitrogen and oxygen atoms in total. The van der Waals surface area contributed by atoms with Crippen molar-refractivity contribution in [2.24, 2.45) is 5.92 Å². The SMILES string of the molecule is CCC(COc1cncc(Cl)c1)CS(=O)(=O)Cl. The van der Waals surface area contributed by atoms with Crippen molar-refractivity contribution in [3.63, 3.8) is 0 Å². The van der Waals surface area contributed by atoms with Gasteiger partial charge in [-0.15, -0.1) is 0 Å². The van der Waals surface area contributed by atoms with Gasteiger partial charge in [-0.3, -0.25) is 4.98 Å². The molecule has 0 aliphatic rings. The monoisotopic (exact) mass is 297 g/mol. The summed E-state index contributed by atoms with van der Waals surface area (Å²) in [5.74, 6) is 0.276. The highest BCUT2D eigenvalue weighted by Crippen LogP contribution is 2.17. The van der Waals surface area contributed by atoms with Crippen molar-refractivity contribution in [3.05, 3.63) is 23.5 Å². The molecule has 0 radical (unpaired) electrons. The molecule has 0 aliphatic heterocycles. The van der Waals surface area contributed by atoms with E-state index in [1.807, 2.05) is 6.92 Å². The van der Waals surface area contributed by atoms with E-state index in [2.05, 4.69) is 4.98 Å². The Balaban J connectivity index is 2.53. The fourth-order valence-corrected chi connectivity index (χ4v) is 2.84. The minimum atomic E-state index is -3.50. The molecule has 17 heavy (non-hydrogen) atoms. The summed E-state index contributed by atoms with van der Waals surface area (Å²) in [7, 11) is 1.70. The van der Waals surface area contributed by atoms with E-state index in [9.17, 15) is 8.42 Å². The van der Waals surface area contributed by atoms with Gasteiger partial charge in [0, 0.05) is 28.9 Å². The highest BCUT2D eigenvalue weighted by Gasteiger charge is 2.16. The maximum Gasteiger partial charge on any atom is 0.232 e. The zero-order valence-corrected chi connectivity index (χ0v) is 11.6. The number of hydrogen-bond acceptors (Lipinski definition) is 4. The first-order valence-corrected chi connectivity index (χ1v) is 7.92. The summed E-state index contributed by atoms with van der Waals surface area (Å²) in [4.78, 5) is 3.86. The molecule has 0 N–H and O–H groups in total. The Hall–Kier alpha value is -0.520. The van der Waals surface area contributed by atoms with E-state index in [0.29, 0.717) is 17.2 Å². The molecule has 0 bridgehead atoms.